The minimum Gasteiger partial charge on any atom is -0.487 e. The Labute approximate surface area is 139 Å². The van der Waals surface area contributed by atoms with Crippen LogP contribution in [-0.2, 0) is 0 Å². The van der Waals surface area contributed by atoms with Crippen LogP contribution in [0, 0.1) is 10.1 Å². The highest BCUT2D eigenvalue weighted by atomic mass is 16.6. The van der Waals surface area contributed by atoms with E-state index >= 15 is 0 Å². The summed E-state index contributed by atoms with van der Waals surface area (Å²) in [4.78, 5) is 28.3. The first-order chi connectivity index (χ1) is 11.5. The Morgan fingerprint density at radius 1 is 1.42 bits per heavy atom. The molecule has 0 bridgehead atoms. The molecule has 2 aromatic rings. The van der Waals surface area contributed by atoms with E-state index in [0.29, 0.717) is 30.1 Å². The number of hydrogen-bond acceptors (Lipinski definition) is 6. The average Bonchev–Trinajstić information content (AvgIpc) is 3.03. The van der Waals surface area contributed by atoms with Crippen molar-refractivity contribution in [2.45, 2.75) is 19.4 Å². The monoisotopic (exact) mass is 327 g/mol. The first-order valence-electron chi connectivity index (χ1n) is 7.65. The molecule has 3 rings (SSSR count). The van der Waals surface area contributed by atoms with Gasteiger partial charge >= 0.3 is 0 Å². The van der Waals surface area contributed by atoms with Crippen LogP contribution in [0.4, 0.5) is 11.4 Å². The molecule has 7 heteroatoms. The molecule has 1 atom stereocenters. The smallest absolute Gasteiger partial charge is 0.293 e. The molecule has 2 heterocycles. The summed E-state index contributed by atoms with van der Waals surface area (Å²) in [6.45, 7) is 2.60. The number of rotatable bonds is 5. The maximum absolute atomic E-state index is 11.4. The lowest BCUT2D eigenvalue weighted by Gasteiger charge is -2.19. The number of anilines is 1. The van der Waals surface area contributed by atoms with Crippen LogP contribution in [0.3, 0.4) is 0 Å². The fraction of sp³-hybridized carbons (Fsp3) is 0.294. The molecule has 0 amide bonds. The van der Waals surface area contributed by atoms with Crippen LogP contribution >= 0.6 is 0 Å². The number of ether oxygens (including phenoxy) is 1. The Kier molecular flexibility index (Phi) is 4.41. The molecule has 1 aliphatic heterocycles. The van der Waals surface area contributed by atoms with Gasteiger partial charge in [0.05, 0.1) is 17.7 Å². The van der Waals surface area contributed by atoms with Crippen molar-refractivity contribution in [2.24, 2.45) is 0 Å². The first-order valence-corrected chi connectivity index (χ1v) is 7.65. The van der Waals surface area contributed by atoms with E-state index in [9.17, 15) is 14.9 Å². The van der Waals surface area contributed by atoms with Crippen molar-refractivity contribution in [1.29, 1.82) is 0 Å². The average molecular weight is 327 g/mol. The summed E-state index contributed by atoms with van der Waals surface area (Å²) in [5.74, 6) is 0.495. The molecule has 0 spiro atoms. The zero-order chi connectivity index (χ0) is 17.1. The summed E-state index contributed by atoms with van der Waals surface area (Å²) < 4.78 is 5.86. The van der Waals surface area contributed by atoms with Crippen LogP contribution in [0.15, 0.2) is 42.7 Å². The van der Waals surface area contributed by atoms with Gasteiger partial charge in [-0.25, -0.2) is 0 Å². The van der Waals surface area contributed by atoms with Gasteiger partial charge in [0, 0.05) is 30.8 Å². The zero-order valence-electron chi connectivity index (χ0n) is 13.2. The van der Waals surface area contributed by atoms with Crippen molar-refractivity contribution < 1.29 is 14.5 Å². The Hall–Kier alpha value is -2.96. The molecule has 0 radical (unpaired) electrons. The third-order valence-corrected chi connectivity index (χ3v) is 4.00. The normalized spacial score (nSPS) is 16.9. The van der Waals surface area contributed by atoms with Gasteiger partial charge < -0.3 is 9.64 Å². The number of nitrogens with zero attached hydrogens (tertiary/aromatic N) is 3. The third-order valence-electron chi connectivity index (χ3n) is 4.00. The van der Waals surface area contributed by atoms with Gasteiger partial charge in [-0.05, 0) is 31.2 Å². The Morgan fingerprint density at radius 3 is 2.92 bits per heavy atom. The molecule has 0 N–H and O–H groups in total. The minimum atomic E-state index is -0.447. The second-order valence-corrected chi connectivity index (χ2v) is 5.68. The molecule has 0 unspecified atom stereocenters. The summed E-state index contributed by atoms with van der Waals surface area (Å²) >= 11 is 0. The van der Waals surface area contributed by atoms with E-state index in [1.807, 2.05) is 11.0 Å². The van der Waals surface area contributed by atoms with Crippen molar-refractivity contribution in [3.05, 3.63) is 58.4 Å². The van der Waals surface area contributed by atoms with E-state index in [2.05, 4.69) is 4.98 Å². The lowest BCUT2D eigenvalue weighted by molar-refractivity contribution is -0.384. The van der Waals surface area contributed by atoms with Gasteiger partial charge in [0.1, 0.15) is 17.5 Å². The largest absolute Gasteiger partial charge is 0.487 e. The van der Waals surface area contributed by atoms with Crippen LogP contribution in [0.2, 0.25) is 0 Å². The second kappa shape index (κ2) is 6.66. The van der Waals surface area contributed by atoms with Gasteiger partial charge in [0.25, 0.3) is 5.69 Å². The van der Waals surface area contributed by atoms with E-state index in [1.165, 1.54) is 13.0 Å². The highest BCUT2D eigenvalue weighted by molar-refractivity contribution is 5.95. The van der Waals surface area contributed by atoms with Gasteiger partial charge in [-0.15, -0.1) is 0 Å². The van der Waals surface area contributed by atoms with E-state index in [4.69, 9.17) is 4.74 Å². The molecular formula is C17H17N3O4. The predicted octanol–water partition coefficient (Wildman–Crippen LogP) is 2.85. The molecular weight excluding hydrogens is 310 g/mol. The third kappa shape index (κ3) is 3.34. The number of nitro groups is 1. The molecule has 0 saturated carbocycles. The molecule has 124 valence electrons. The van der Waals surface area contributed by atoms with Gasteiger partial charge in [-0.1, -0.05) is 0 Å². The molecule has 7 nitrogen and oxygen atoms in total. The molecule has 0 aliphatic carbocycles. The zero-order valence-corrected chi connectivity index (χ0v) is 13.2. The highest BCUT2D eigenvalue weighted by Gasteiger charge is 2.29. The maximum atomic E-state index is 11.4. The minimum absolute atomic E-state index is 0.0512. The lowest BCUT2D eigenvalue weighted by atomic mass is 10.1. The van der Waals surface area contributed by atoms with Gasteiger partial charge in [-0.3, -0.25) is 19.9 Å². The van der Waals surface area contributed by atoms with E-state index in [1.54, 1.807) is 30.6 Å². The van der Waals surface area contributed by atoms with Crippen LogP contribution in [0.1, 0.15) is 23.7 Å². The van der Waals surface area contributed by atoms with Crippen LogP contribution in [-0.4, -0.2) is 34.9 Å². The first kappa shape index (κ1) is 15.9. The number of pyridine rings is 1. The molecule has 1 saturated heterocycles. The van der Waals surface area contributed by atoms with Crippen molar-refractivity contribution in [2.75, 3.05) is 18.0 Å². The summed E-state index contributed by atoms with van der Waals surface area (Å²) in [7, 11) is 0. The fourth-order valence-corrected chi connectivity index (χ4v) is 2.81. The van der Waals surface area contributed by atoms with Crippen molar-refractivity contribution in [1.82, 2.24) is 4.98 Å². The van der Waals surface area contributed by atoms with Crippen LogP contribution in [0.5, 0.6) is 5.75 Å². The number of carbonyl (C=O) groups excluding carboxylic acids is 1. The van der Waals surface area contributed by atoms with Crippen molar-refractivity contribution in [3.8, 4) is 5.75 Å². The lowest BCUT2D eigenvalue weighted by Crippen LogP contribution is -2.25. The molecule has 1 aromatic carbocycles. The maximum Gasteiger partial charge on any atom is 0.293 e. The molecule has 1 aliphatic rings. The topological polar surface area (TPSA) is 85.6 Å². The SMILES string of the molecule is CC(=O)c1ccc(N2CC[C@H](Oc3cccnc3)C2)c([N+](=O)[O-])c1. The Balaban J connectivity index is 1.78. The molecule has 24 heavy (non-hydrogen) atoms. The van der Waals surface area contributed by atoms with E-state index in [0.717, 1.165) is 6.42 Å². The van der Waals surface area contributed by atoms with Crippen molar-refractivity contribution in [3.63, 3.8) is 0 Å². The van der Waals surface area contributed by atoms with E-state index < -0.39 is 4.92 Å². The number of nitro benzene ring substituents is 1. The van der Waals surface area contributed by atoms with Crippen LogP contribution < -0.4 is 9.64 Å². The fourth-order valence-electron chi connectivity index (χ4n) is 2.81. The summed E-state index contributed by atoms with van der Waals surface area (Å²) in [5.41, 5.74) is 0.805. The number of Topliss-reactive ketones (excluding diaryl/α,β-unsaturated/α-hetero) is 1. The predicted molar refractivity (Wildman–Crippen MR) is 88.6 cm³/mol. The van der Waals surface area contributed by atoms with Crippen molar-refractivity contribution >= 4 is 17.2 Å². The van der Waals surface area contributed by atoms with Gasteiger partial charge in [0.15, 0.2) is 5.78 Å². The molecule has 1 aromatic heterocycles. The van der Waals surface area contributed by atoms with Crippen LogP contribution in [0.25, 0.3) is 0 Å². The Bertz CT molecular complexity index is 764. The number of ketones is 1. The number of aromatic nitrogens is 1. The summed E-state index contributed by atoms with van der Waals surface area (Å²) in [6.07, 6.45) is 4.03. The number of hydrogen-bond donors (Lipinski definition) is 0. The standard InChI is InChI=1S/C17H17N3O4/c1-12(21)13-4-5-16(17(9-13)20(22)23)19-8-6-15(11-19)24-14-3-2-7-18-10-14/h2-5,7,9-10,15H,6,8,11H2,1H3/t15-/m0/s1. The van der Waals surface area contributed by atoms with E-state index in [-0.39, 0.29) is 17.6 Å². The summed E-state index contributed by atoms with van der Waals surface area (Å²) in [6, 6.07) is 8.24. The second-order valence-electron chi connectivity index (χ2n) is 5.68. The number of benzene rings is 1. The molecule has 1 fully saturated rings. The Morgan fingerprint density at radius 2 is 2.25 bits per heavy atom. The highest BCUT2D eigenvalue weighted by Crippen LogP contribution is 2.32. The number of carbonyl (C=O) groups is 1. The summed E-state index contributed by atoms with van der Waals surface area (Å²) in [5, 5.41) is 11.4. The van der Waals surface area contributed by atoms with Gasteiger partial charge in [0.2, 0.25) is 0 Å². The van der Waals surface area contributed by atoms with Gasteiger partial charge in [-0.2, -0.15) is 0 Å². The quantitative estimate of drug-likeness (QED) is 0.477.